The molecular formula is C17H32IN3O2. The third kappa shape index (κ3) is 5.80. The number of esters is 1. The highest BCUT2D eigenvalue weighted by atomic mass is 127. The molecule has 1 N–H and O–H groups in total. The Hall–Kier alpha value is -0.530. The number of hydrogen-bond acceptors (Lipinski definition) is 3. The van der Waals surface area contributed by atoms with Gasteiger partial charge in [0, 0.05) is 26.7 Å². The van der Waals surface area contributed by atoms with Crippen LogP contribution in [0.1, 0.15) is 45.4 Å². The number of ether oxygens (including phenoxy) is 1. The van der Waals surface area contributed by atoms with E-state index in [1.54, 1.807) is 0 Å². The van der Waals surface area contributed by atoms with Gasteiger partial charge < -0.3 is 15.0 Å². The Bertz CT molecular complexity index is 397. The summed E-state index contributed by atoms with van der Waals surface area (Å²) >= 11 is 0. The molecule has 0 aromatic carbocycles. The zero-order chi connectivity index (χ0) is 15.9. The molecule has 23 heavy (non-hydrogen) atoms. The van der Waals surface area contributed by atoms with Gasteiger partial charge in [0.15, 0.2) is 5.96 Å². The molecule has 0 spiro atoms. The lowest BCUT2D eigenvalue weighted by Crippen LogP contribution is -2.41. The molecule has 2 atom stereocenters. The number of rotatable bonds is 5. The smallest absolute Gasteiger partial charge is 0.310 e. The van der Waals surface area contributed by atoms with E-state index in [1.165, 1.54) is 45.6 Å². The average Bonchev–Trinajstić information content (AvgIpc) is 3.16. The first-order valence-electron chi connectivity index (χ1n) is 8.69. The van der Waals surface area contributed by atoms with E-state index in [2.05, 4.69) is 22.1 Å². The Balaban J connectivity index is 0.00000264. The summed E-state index contributed by atoms with van der Waals surface area (Å²) in [6, 6.07) is 0. The molecule has 6 heteroatoms. The normalized spacial score (nSPS) is 25.3. The number of methoxy groups -OCH3 is 1. The van der Waals surface area contributed by atoms with Crippen molar-refractivity contribution >= 4 is 35.9 Å². The summed E-state index contributed by atoms with van der Waals surface area (Å²) in [7, 11) is 3.28. The van der Waals surface area contributed by atoms with E-state index in [0.717, 1.165) is 25.0 Å². The largest absolute Gasteiger partial charge is 0.469 e. The first-order valence-corrected chi connectivity index (χ1v) is 8.69. The maximum absolute atomic E-state index is 11.8. The number of carbonyl (C=O) groups is 1. The molecule has 2 unspecified atom stereocenters. The van der Waals surface area contributed by atoms with Crippen molar-refractivity contribution in [2.24, 2.45) is 22.7 Å². The number of carbonyl (C=O) groups excluding carboxylic acids is 1. The lowest BCUT2D eigenvalue weighted by atomic mass is 9.99. The second-order valence-electron chi connectivity index (χ2n) is 6.78. The number of guanidine groups is 1. The second kappa shape index (κ2) is 10.4. The highest BCUT2D eigenvalue weighted by Crippen LogP contribution is 2.28. The second-order valence-corrected chi connectivity index (χ2v) is 6.78. The standard InChI is InChI=1S/C17H31N3O2.HI/c1-13-11-20(12-15(13)16(21)22-3)17(18-2)19-10-6-9-14-7-4-5-8-14;/h13-15H,4-12H2,1-3H3,(H,18,19);1H. The van der Waals surface area contributed by atoms with Crippen LogP contribution in [0.5, 0.6) is 0 Å². The third-order valence-corrected chi connectivity index (χ3v) is 5.17. The molecule has 1 aliphatic heterocycles. The molecule has 0 aromatic rings. The van der Waals surface area contributed by atoms with Crippen molar-refractivity contribution in [3.05, 3.63) is 0 Å². The van der Waals surface area contributed by atoms with Crippen LogP contribution >= 0.6 is 24.0 Å². The van der Waals surface area contributed by atoms with Gasteiger partial charge in [0.05, 0.1) is 13.0 Å². The SMILES string of the molecule is CN=C(NCCCC1CCCC1)N1CC(C)C(C(=O)OC)C1.I. The van der Waals surface area contributed by atoms with Gasteiger partial charge in [0.25, 0.3) is 0 Å². The van der Waals surface area contributed by atoms with Gasteiger partial charge in [0.2, 0.25) is 0 Å². The number of halogens is 1. The molecule has 2 fully saturated rings. The van der Waals surface area contributed by atoms with Gasteiger partial charge >= 0.3 is 5.97 Å². The van der Waals surface area contributed by atoms with Crippen molar-refractivity contribution in [3.8, 4) is 0 Å². The number of nitrogens with one attached hydrogen (secondary N) is 1. The molecule has 134 valence electrons. The van der Waals surface area contributed by atoms with Crippen molar-refractivity contribution in [2.45, 2.75) is 45.4 Å². The number of nitrogens with zero attached hydrogens (tertiary/aromatic N) is 2. The van der Waals surface area contributed by atoms with Gasteiger partial charge in [-0.1, -0.05) is 32.6 Å². The van der Waals surface area contributed by atoms with Crippen LogP contribution in [-0.4, -0.2) is 50.6 Å². The molecular weight excluding hydrogens is 405 g/mol. The van der Waals surface area contributed by atoms with E-state index in [9.17, 15) is 4.79 Å². The highest BCUT2D eigenvalue weighted by Gasteiger charge is 2.36. The molecule has 0 bridgehead atoms. The minimum Gasteiger partial charge on any atom is -0.469 e. The molecule has 2 rings (SSSR count). The Morgan fingerprint density at radius 1 is 1.30 bits per heavy atom. The summed E-state index contributed by atoms with van der Waals surface area (Å²) in [5.74, 6) is 2.03. The van der Waals surface area contributed by atoms with Crippen molar-refractivity contribution in [2.75, 3.05) is 33.8 Å². The van der Waals surface area contributed by atoms with E-state index in [4.69, 9.17) is 4.74 Å². The van der Waals surface area contributed by atoms with Crippen LogP contribution in [0.15, 0.2) is 4.99 Å². The predicted octanol–water partition coefficient (Wildman–Crippen LogP) is 2.89. The fourth-order valence-corrected chi connectivity index (χ4v) is 3.82. The topological polar surface area (TPSA) is 53.9 Å². The van der Waals surface area contributed by atoms with Crippen LogP contribution < -0.4 is 5.32 Å². The Kier molecular flexibility index (Phi) is 9.24. The number of hydrogen-bond donors (Lipinski definition) is 1. The van der Waals surface area contributed by atoms with Gasteiger partial charge in [-0.3, -0.25) is 9.79 Å². The van der Waals surface area contributed by atoms with E-state index in [0.29, 0.717) is 12.5 Å². The lowest BCUT2D eigenvalue weighted by Gasteiger charge is -2.21. The molecule has 1 aliphatic carbocycles. The molecule has 1 saturated carbocycles. The van der Waals surface area contributed by atoms with Crippen LogP contribution in [0, 0.1) is 17.8 Å². The fourth-order valence-electron chi connectivity index (χ4n) is 3.82. The van der Waals surface area contributed by atoms with Crippen molar-refractivity contribution in [1.29, 1.82) is 0 Å². The van der Waals surface area contributed by atoms with E-state index >= 15 is 0 Å². The van der Waals surface area contributed by atoms with E-state index in [-0.39, 0.29) is 35.9 Å². The maximum Gasteiger partial charge on any atom is 0.310 e. The molecule has 1 saturated heterocycles. The summed E-state index contributed by atoms with van der Waals surface area (Å²) in [5.41, 5.74) is 0. The van der Waals surface area contributed by atoms with Crippen molar-refractivity contribution in [3.63, 3.8) is 0 Å². The molecule has 0 radical (unpaired) electrons. The van der Waals surface area contributed by atoms with Crippen LogP contribution in [-0.2, 0) is 9.53 Å². The number of aliphatic imine (C=N–C) groups is 1. The third-order valence-electron chi connectivity index (χ3n) is 5.17. The Labute approximate surface area is 157 Å². The summed E-state index contributed by atoms with van der Waals surface area (Å²) < 4.78 is 4.90. The van der Waals surface area contributed by atoms with Gasteiger partial charge in [0.1, 0.15) is 0 Å². The monoisotopic (exact) mass is 437 g/mol. The van der Waals surface area contributed by atoms with Crippen LogP contribution in [0.2, 0.25) is 0 Å². The molecule has 0 amide bonds. The first-order chi connectivity index (χ1) is 10.7. The van der Waals surface area contributed by atoms with Gasteiger partial charge in [-0.05, 0) is 24.7 Å². The molecule has 2 aliphatic rings. The molecule has 5 nitrogen and oxygen atoms in total. The molecule has 0 aromatic heterocycles. The summed E-state index contributed by atoms with van der Waals surface area (Å²) in [5, 5.41) is 3.46. The van der Waals surface area contributed by atoms with Gasteiger partial charge in [-0.25, -0.2) is 0 Å². The fraction of sp³-hybridized carbons (Fsp3) is 0.882. The van der Waals surface area contributed by atoms with E-state index in [1.807, 2.05) is 7.05 Å². The van der Waals surface area contributed by atoms with Gasteiger partial charge in [-0.2, -0.15) is 0 Å². The molecule has 1 heterocycles. The number of likely N-dealkylation sites (tertiary alicyclic amines) is 1. The average molecular weight is 437 g/mol. The maximum atomic E-state index is 11.8. The summed E-state index contributed by atoms with van der Waals surface area (Å²) in [6.45, 7) is 4.64. The zero-order valence-electron chi connectivity index (χ0n) is 14.7. The Morgan fingerprint density at radius 2 is 2.00 bits per heavy atom. The minimum absolute atomic E-state index is 0. The predicted molar refractivity (Wildman–Crippen MR) is 104 cm³/mol. The lowest BCUT2D eigenvalue weighted by molar-refractivity contribution is -0.145. The first kappa shape index (κ1) is 20.5. The van der Waals surface area contributed by atoms with Crippen LogP contribution in [0.4, 0.5) is 0 Å². The zero-order valence-corrected chi connectivity index (χ0v) is 17.0. The quantitative estimate of drug-likeness (QED) is 0.236. The van der Waals surface area contributed by atoms with Crippen LogP contribution in [0.25, 0.3) is 0 Å². The summed E-state index contributed by atoms with van der Waals surface area (Å²) in [4.78, 5) is 18.3. The summed E-state index contributed by atoms with van der Waals surface area (Å²) in [6.07, 6.45) is 8.19. The highest BCUT2D eigenvalue weighted by molar-refractivity contribution is 14.0. The van der Waals surface area contributed by atoms with E-state index < -0.39 is 0 Å². The Morgan fingerprint density at radius 3 is 2.61 bits per heavy atom. The van der Waals surface area contributed by atoms with Crippen molar-refractivity contribution in [1.82, 2.24) is 10.2 Å². The minimum atomic E-state index is -0.105. The van der Waals surface area contributed by atoms with Crippen molar-refractivity contribution < 1.29 is 9.53 Å². The van der Waals surface area contributed by atoms with Gasteiger partial charge in [-0.15, -0.1) is 24.0 Å². The van der Waals surface area contributed by atoms with Crippen LogP contribution in [0.3, 0.4) is 0 Å².